The van der Waals surface area contributed by atoms with E-state index in [0.29, 0.717) is 5.16 Å². The predicted molar refractivity (Wildman–Crippen MR) is 73.3 cm³/mol. The number of tetrazole rings is 1. The standard InChI is InChI=1S/C12H15N5OS/c1-8-5-4-6-10(7-8)17-12(14-15-16-17)19-9(2)11(18)13-3/h4-7,9H,1-3H3,(H,13,18). The normalized spacial score (nSPS) is 12.2. The summed E-state index contributed by atoms with van der Waals surface area (Å²) in [5.41, 5.74) is 2.01. The molecular weight excluding hydrogens is 262 g/mol. The van der Waals surface area contributed by atoms with Gasteiger partial charge in [0, 0.05) is 7.05 Å². The number of nitrogens with one attached hydrogen (secondary N) is 1. The molecule has 1 N–H and O–H groups in total. The first-order valence-corrected chi connectivity index (χ1v) is 6.73. The van der Waals surface area contributed by atoms with Gasteiger partial charge in [0.1, 0.15) is 0 Å². The van der Waals surface area contributed by atoms with Gasteiger partial charge in [0.15, 0.2) is 0 Å². The molecule has 1 amide bonds. The molecule has 0 radical (unpaired) electrons. The molecule has 0 aliphatic carbocycles. The second-order valence-corrected chi connectivity index (χ2v) is 5.39. The summed E-state index contributed by atoms with van der Waals surface area (Å²) in [6.07, 6.45) is 0. The molecule has 2 aromatic rings. The summed E-state index contributed by atoms with van der Waals surface area (Å²) < 4.78 is 1.64. The number of hydrogen-bond donors (Lipinski definition) is 1. The summed E-state index contributed by atoms with van der Waals surface area (Å²) in [6, 6.07) is 7.87. The smallest absolute Gasteiger partial charge is 0.233 e. The fraction of sp³-hybridized carbons (Fsp3) is 0.333. The number of nitrogens with zero attached hydrogens (tertiary/aromatic N) is 4. The molecule has 0 fully saturated rings. The van der Waals surface area contributed by atoms with E-state index >= 15 is 0 Å². The molecule has 1 unspecified atom stereocenters. The zero-order valence-corrected chi connectivity index (χ0v) is 11.8. The lowest BCUT2D eigenvalue weighted by molar-refractivity contribution is -0.119. The van der Waals surface area contributed by atoms with Crippen molar-refractivity contribution in [1.82, 2.24) is 25.5 Å². The Balaban J connectivity index is 2.25. The molecule has 0 spiro atoms. The van der Waals surface area contributed by atoms with Crippen LogP contribution in [0.4, 0.5) is 0 Å². The molecule has 1 atom stereocenters. The van der Waals surface area contributed by atoms with Gasteiger partial charge in [-0.05, 0) is 42.0 Å². The number of benzene rings is 1. The van der Waals surface area contributed by atoms with Gasteiger partial charge in [-0.1, -0.05) is 23.9 Å². The molecule has 1 heterocycles. The lowest BCUT2D eigenvalue weighted by atomic mass is 10.2. The Bertz CT molecular complexity index is 583. The zero-order chi connectivity index (χ0) is 13.8. The first-order valence-electron chi connectivity index (χ1n) is 5.85. The van der Waals surface area contributed by atoms with Crippen LogP contribution in [0.2, 0.25) is 0 Å². The molecule has 0 saturated heterocycles. The van der Waals surface area contributed by atoms with E-state index in [2.05, 4.69) is 20.8 Å². The number of carbonyl (C=O) groups excluding carboxylic acids is 1. The summed E-state index contributed by atoms with van der Waals surface area (Å²) in [7, 11) is 1.61. The topological polar surface area (TPSA) is 72.7 Å². The van der Waals surface area contributed by atoms with Gasteiger partial charge in [-0.3, -0.25) is 4.79 Å². The highest BCUT2D eigenvalue weighted by Crippen LogP contribution is 2.23. The van der Waals surface area contributed by atoms with Crippen molar-refractivity contribution in [1.29, 1.82) is 0 Å². The molecule has 0 bridgehead atoms. The van der Waals surface area contributed by atoms with Crippen LogP contribution in [0.25, 0.3) is 5.69 Å². The number of rotatable bonds is 4. The molecule has 19 heavy (non-hydrogen) atoms. The molecule has 0 aliphatic heterocycles. The summed E-state index contributed by atoms with van der Waals surface area (Å²) >= 11 is 1.33. The van der Waals surface area contributed by atoms with Crippen LogP contribution in [0, 0.1) is 6.92 Å². The zero-order valence-electron chi connectivity index (χ0n) is 11.0. The Morgan fingerprint density at radius 3 is 2.95 bits per heavy atom. The van der Waals surface area contributed by atoms with E-state index in [1.807, 2.05) is 38.1 Å². The third-order valence-corrected chi connectivity index (χ3v) is 3.62. The van der Waals surface area contributed by atoms with Gasteiger partial charge in [-0.2, -0.15) is 4.68 Å². The maximum absolute atomic E-state index is 11.5. The van der Waals surface area contributed by atoms with Gasteiger partial charge in [-0.15, -0.1) is 5.10 Å². The Morgan fingerprint density at radius 1 is 1.47 bits per heavy atom. The average molecular weight is 277 g/mol. The van der Waals surface area contributed by atoms with Crippen molar-refractivity contribution in [2.45, 2.75) is 24.3 Å². The van der Waals surface area contributed by atoms with Crippen LogP contribution >= 0.6 is 11.8 Å². The SMILES string of the molecule is CNC(=O)C(C)Sc1nnnn1-c1cccc(C)c1. The molecular formula is C12H15N5OS. The van der Waals surface area contributed by atoms with E-state index in [1.165, 1.54) is 11.8 Å². The molecule has 100 valence electrons. The van der Waals surface area contributed by atoms with E-state index in [9.17, 15) is 4.79 Å². The number of carbonyl (C=O) groups is 1. The van der Waals surface area contributed by atoms with E-state index in [0.717, 1.165) is 11.3 Å². The first-order chi connectivity index (χ1) is 9.11. The summed E-state index contributed by atoms with van der Waals surface area (Å²) in [6.45, 7) is 3.83. The van der Waals surface area contributed by atoms with Crippen LogP contribution in [-0.4, -0.2) is 38.4 Å². The molecule has 2 rings (SSSR count). The minimum absolute atomic E-state index is 0.0520. The van der Waals surface area contributed by atoms with E-state index in [-0.39, 0.29) is 11.2 Å². The summed E-state index contributed by atoms with van der Waals surface area (Å²) in [5, 5.41) is 14.6. The van der Waals surface area contributed by atoms with Gasteiger partial charge in [0.2, 0.25) is 11.1 Å². The third kappa shape index (κ3) is 3.11. The van der Waals surface area contributed by atoms with E-state index in [4.69, 9.17) is 0 Å². The predicted octanol–water partition coefficient (Wildman–Crippen LogP) is 1.20. The van der Waals surface area contributed by atoms with Crippen molar-refractivity contribution < 1.29 is 4.79 Å². The first kappa shape index (κ1) is 13.5. The Morgan fingerprint density at radius 2 is 2.26 bits per heavy atom. The molecule has 0 aliphatic rings. The van der Waals surface area contributed by atoms with Crippen molar-refractivity contribution in [3.05, 3.63) is 29.8 Å². The fourth-order valence-electron chi connectivity index (χ4n) is 1.59. The monoisotopic (exact) mass is 277 g/mol. The van der Waals surface area contributed by atoms with Gasteiger partial charge in [-0.25, -0.2) is 0 Å². The van der Waals surface area contributed by atoms with Crippen LogP contribution < -0.4 is 5.32 Å². The van der Waals surface area contributed by atoms with Crippen LogP contribution in [0.3, 0.4) is 0 Å². The Hall–Kier alpha value is -1.89. The minimum atomic E-state index is -0.250. The van der Waals surface area contributed by atoms with Gasteiger partial charge < -0.3 is 5.32 Å². The van der Waals surface area contributed by atoms with Crippen molar-refractivity contribution >= 4 is 17.7 Å². The number of aryl methyl sites for hydroxylation is 1. The number of amides is 1. The molecule has 1 aromatic heterocycles. The average Bonchev–Trinajstić information content (AvgIpc) is 2.85. The van der Waals surface area contributed by atoms with Crippen LogP contribution in [0.5, 0.6) is 0 Å². The van der Waals surface area contributed by atoms with Crippen molar-refractivity contribution in [2.24, 2.45) is 0 Å². The van der Waals surface area contributed by atoms with E-state index in [1.54, 1.807) is 11.7 Å². The molecule has 7 heteroatoms. The van der Waals surface area contributed by atoms with Gasteiger partial charge in [0.25, 0.3) is 0 Å². The van der Waals surface area contributed by atoms with E-state index < -0.39 is 0 Å². The quantitative estimate of drug-likeness (QED) is 0.850. The van der Waals surface area contributed by atoms with Gasteiger partial charge in [0.05, 0.1) is 10.9 Å². The summed E-state index contributed by atoms with van der Waals surface area (Å²) in [4.78, 5) is 11.5. The maximum Gasteiger partial charge on any atom is 0.233 e. The van der Waals surface area contributed by atoms with Gasteiger partial charge >= 0.3 is 0 Å². The van der Waals surface area contributed by atoms with Crippen LogP contribution in [0.15, 0.2) is 29.4 Å². The minimum Gasteiger partial charge on any atom is -0.358 e. The highest BCUT2D eigenvalue weighted by atomic mass is 32.2. The molecule has 6 nitrogen and oxygen atoms in total. The third-order valence-electron chi connectivity index (χ3n) is 2.58. The summed E-state index contributed by atoms with van der Waals surface area (Å²) in [5.74, 6) is -0.0520. The van der Waals surface area contributed by atoms with Crippen molar-refractivity contribution in [3.63, 3.8) is 0 Å². The van der Waals surface area contributed by atoms with Crippen LogP contribution in [-0.2, 0) is 4.79 Å². The lowest BCUT2D eigenvalue weighted by Gasteiger charge is -2.09. The number of aromatic nitrogens is 4. The largest absolute Gasteiger partial charge is 0.358 e. The van der Waals surface area contributed by atoms with Crippen molar-refractivity contribution in [3.8, 4) is 5.69 Å². The highest BCUT2D eigenvalue weighted by molar-refractivity contribution is 8.00. The number of thioether (sulfide) groups is 1. The lowest BCUT2D eigenvalue weighted by Crippen LogP contribution is -2.27. The van der Waals surface area contributed by atoms with Crippen LogP contribution in [0.1, 0.15) is 12.5 Å². The second-order valence-electron chi connectivity index (χ2n) is 4.09. The second kappa shape index (κ2) is 5.83. The Labute approximate surface area is 115 Å². The Kier molecular flexibility index (Phi) is 4.16. The molecule has 0 saturated carbocycles. The number of hydrogen-bond acceptors (Lipinski definition) is 5. The maximum atomic E-state index is 11.5. The molecule has 1 aromatic carbocycles. The highest BCUT2D eigenvalue weighted by Gasteiger charge is 2.17. The fourth-order valence-corrected chi connectivity index (χ4v) is 2.46. The van der Waals surface area contributed by atoms with Crippen molar-refractivity contribution in [2.75, 3.05) is 7.05 Å².